The Morgan fingerprint density at radius 3 is 2.58 bits per heavy atom. The van der Waals surface area contributed by atoms with Gasteiger partial charge in [0, 0.05) is 9.50 Å². The molecule has 0 saturated heterocycles. The van der Waals surface area contributed by atoms with Gasteiger partial charge >= 0.3 is 0 Å². The smallest absolute Gasteiger partial charge is 0.228 e. The Labute approximate surface area is 124 Å². The van der Waals surface area contributed by atoms with Crippen molar-refractivity contribution in [2.45, 2.75) is 6.42 Å². The topological polar surface area (TPSA) is 55.1 Å². The molecule has 0 unspecified atom stereocenters. The van der Waals surface area contributed by atoms with E-state index in [0.717, 1.165) is 10.0 Å². The molecule has 2 aromatic rings. The standard InChI is InChI=1S/C14H12BrClN2O/c15-10-3-1-9(2-4-10)7-14(19)18-13-8-11(16)5-6-12(13)17/h1-6,8H,7,17H2,(H,18,19). The van der Waals surface area contributed by atoms with E-state index >= 15 is 0 Å². The average Bonchev–Trinajstić information content (AvgIpc) is 2.37. The predicted molar refractivity (Wildman–Crippen MR) is 82.3 cm³/mol. The van der Waals surface area contributed by atoms with Crippen molar-refractivity contribution >= 4 is 44.8 Å². The van der Waals surface area contributed by atoms with E-state index in [1.54, 1.807) is 18.2 Å². The zero-order valence-corrected chi connectivity index (χ0v) is 12.3. The van der Waals surface area contributed by atoms with Gasteiger partial charge in [0.15, 0.2) is 0 Å². The molecule has 0 aliphatic rings. The zero-order chi connectivity index (χ0) is 13.8. The van der Waals surface area contributed by atoms with Crippen molar-refractivity contribution in [1.82, 2.24) is 0 Å². The van der Waals surface area contributed by atoms with E-state index in [1.807, 2.05) is 24.3 Å². The number of nitrogen functional groups attached to an aromatic ring is 1. The van der Waals surface area contributed by atoms with Gasteiger partial charge in [0.1, 0.15) is 0 Å². The largest absolute Gasteiger partial charge is 0.397 e. The van der Waals surface area contributed by atoms with Gasteiger partial charge in [0.25, 0.3) is 0 Å². The number of nitrogens with two attached hydrogens (primary N) is 1. The van der Waals surface area contributed by atoms with Gasteiger partial charge in [-0.2, -0.15) is 0 Å². The van der Waals surface area contributed by atoms with Gasteiger partial charge in [0.05, 0.1) is 17.8 Å². The van der Waals surface area contributed by atoms with E-state index in [0.29, 0.717) is 22.8 Å². The highest BCUT2D eigenvalue weighted by Gasteiger charge is 2.07. The lowest BCUT2D eigenvalue weighted by Gasteiger charge is -2.08. The summed E-state index contributed by atoms with van der Waals surface area (Å²) in [5, 5.41) is 3.29. The molecule has 2 rings (SSSR count). The number of amides is 1. The Hall–Kier alpha value is -1.52. The van der Waals surface area contributed by atoms with Crippen LogP contribution in [-0.4, -0.2) is 5.91 Å². The summed E-state index contributed by atoms with van der Waals surface area (Å²) in [7, 11) is 0. The zero-order valence-electron chi connectivity index (χ0n) is 9.99. The second kappa shape index (κ2) is 6.08. The van der Waals surface area contributed by atoms with Crippen LogP contribution in [0.4, 0.5) is 11.4 Å². The van der Waals surface area contributed by atoms with E-state index in [4.69, 9.17) is 17.3 Å². The van der Waals surface area contributed by atoms with Crippen LogP contribution < -0.4 is 11.1 Å². The first-order valence-corrected chi connectivity index (χ1v) is 6.81. The van der Waals surface area contributed by atoms with Gasteiger partial charge in [-0.3, -0.25) is 4.79 Å². The van der Waals surface area contributed by atoms with Crippen molar-refractivity contribution in [2.24, 2.45) is 0 Å². The number of benzene rings is 2. The summed E-state index contributed by atoms with van der Waals surface area (Å²) in [5.41, 5.74) is 7.73. The predicted octanol–water partition coefficient (Wildman–Crippen LogP) is 3.87. The van der Waals surface area contributed by atoms with Crippen molar-refractivity contribution in [3.8, 4) is 0 Å². The SMILES string of the molecule is Nc1ccc(Cl)cc1NC(=O)Cc1ccc(Br)cc1. The number of nitrogens with one attached hydrogen (secondary N) is 1. The normalized spacial score (nSPS) is 10.2. The van der Waals surface area contributed by atoms with Crippen LogP contribution in [0.5, 0.6) is 0 Å². The molecular weight excluding hydrogens is 328 g/mol. The highest BCUT2D eigenvalue weighted by atomic mass is 79.9. The molecule has 19 heavy (non-hydrogen) atoms. The van der Waals surface area contributed by atoms with Gasteiger partial charge < -0.3 is 11.1 Å². The second-order valence-electron chi connectivity index (χ2n) is 4.08. The van der Waals surface area contributed by atoms with Gasteiger partial charge in [-0.05, 0) is 35.9 Å². The van der Waals surface area contributed by atoms with Crippen molar-refractivity contribution in [2.75, 3.05) is 11.1 Å². The van der Waals surface area contributed by atoms with Crippen LogP contribution in [0.25, 0.3) is 0 Å². The molecule has 98 valence electrons. The fourth-order valence-corrected chi connectivity index (χ4v) is 2.06. The summed E-state index contributed by atoms with van der Waals surface area (Å²) in [6.07, 6.45) is 0.291. The summed E-state index contributed by atoms with van der Waals surface area (Å²) >= 11 is 9.22. The fraction of sp³-hybridized carbons (Fsp3) is 0.0714. The van der Waals surface area contributed by atoms with Crippen molar-refractivity contribution in [3.63, 3.8) is 0 Å². The van der Waals surface area contributed by atoms with Crippen LogP contribution in [-0.2, 0) is 11.2 Å². The maximum absolute atomic E-state index is 11.9. The molecule has 0 heterocycles. The van der Waals surface area contributed by atoms with Gasteiger partial charge in [-0.15, -0.1) is 0 Å². The first-order valence-electron chi connectivity index (χ1n) is 5.64. The summed E-state index contributed by atoms with van der Waals surface area (Å²) in [6, 6.07) is 12.6. The molecule has 0 fully saturated rings. The number of hydrogen-bond acceptors (Lipinski definition) is 2. The Morgan fingerprint density at radius 2 is 1.89 bits per heavy atom. The Kier molecular flexibility index (Phi) is 4.45. The van der Waals surface area contributed by atoms with E-state index in [-0.39, 0.29) is 5.91 Å². The van der Waals surface area contributed by atoms with Crippen LogP contribution >= 0.6 is 27.5 Å². The molecule has 0 spiro atoms. The lowest BCUT2D eigenvalue weighted by molar-refractivity contribution is -0.115. The molecule has 0 radical (unpaired) electrons. The van der Waals surface area contributed by atoms with Gasteiger partial charge in [0.2, 0.25) is 5.91 Å². The van der Waals surface area contributed by atoms with Crippen LogP contribution in [0.2, 0.25) is 5.02 Å². The number of carbonyl (C=O) groups excluding carboxylic acids is 1. The molecule has 1 amide bonds. The van der Waals surface area contributed by atoms with Crippen LogP contribution in [0, 0.1) is 0 Å². The maximum Gasteiger partial charge on any atom is 0.228 e. The van der Waals surface area contributed by atoms with Gasteiger partial charge in [-0.25, -0.2) is 0 Å². The first kappa shape index (κ1) is 13.9. The highest BCUT2D eigenvalue weighted by Crippen LogP contribution is 2.23. The molecule has 0 atom stereocenters. The van der Waals surface area contributed by atoms with Crippen molar-refractivity contribution in [3.05, 3.63) is 57.5 Å². The van der Waals surface area contributed by atoms with Crippen LogP contribution in [0.15, 0.2) is 46.9 Å². The average molecular weight is 340 g/mol. The molecule has 2 aromatic carbocycles. The molecule has 0 aliphatic carbocycles. The lowest BCUT2D eigenvalue weighted by atomic mass is 10.1. The van der Waals surface area contributed by atoms with Crippen LogP contribution in [0.3, 0.4) is 0 Å². The van der Waals surface area contributed by atoms with Crippen molar-refractivity contribution in [1.29, 1.82) is 0 Å². The molecule has 5 heteroatoms. The molecule has 0 aliphatic heterocycles. The van der Waals surface area contributed by atoms with Crippen molar-refractivity contribution < 1.29 is 4.79 Å². The summed E-state index contributed by atoms with van der Waals surface area (Å²) in [5.74, 6) is -0.128. The lowest BCUT2D eigenvalue weighted by Crippen LogP contribution is -2.15. The third-order valence-corrected chi connectivity index (χ3v) is 3.33. The Morgan fingerprint density at radius 1 is 1.21 bits per heavy atom. The molecule has 0 bridgehead atoms. The molecule has 3 N–H and O–H groups in total. The molecule has 0 saturated carbocycles. The minimum absolute atomic E-state index is 0.128. The van der Waals surface area contributed by atoms with E-state index in [1.165, 1.54) is 0 Å². The minimum Gasteiger partial charge on any atom is -0.397 e. The summed E-state index contributed by atoms with van der Waals surface area (Å²) < 4.78 is 0.982. The molecule has 3 nitrogen and oxygen atoms in total. The number of carbonyl (C=O) groups is 1. The van der Waals surface area contributed by atoms with E-state index in [9.17, 15) is 4.79 Å². The second-order valence-corrected chi connectivity index (χ2v) is 5.44. The minimum atomic E-state index is -0.128. The first-order chi connectivity index (χ1) is 9.04. The van der Waals surface area contributed by atoms with Gasteiger partial charge in [-0.1, -0.05) is 39.7 Å². The van der Waals surface area contributed by atoms with E-state index < -0.39 is 0 Å². The number of halogens is 2. The number of rotatable bonds is 3. The number of anilines is 2. The third-order valence-electron chi connectivity index (χ3n) is 2.57. The maximum atomic E-state index is 11.9. The summed E-state index contributed by atoms with van der Waals surface area (Å²) in [4.78, 5) is 11.9. The summed E-state index contributed by atoms with van der Waals surface area (Å²) in [6.45, 7) is 0. The third kappa shape index (κ3) is 3.98. The van der Waals surface area contributed by atoms with Crippen LogP contribution in [0.1, 0.15) is 5.56 Å². The number of hydrogen-bond donors (Lipinski definition) is 2. The molecule has 0 aromatic heterocycles. The highest BCUT2D eigenvalue weighted by molar-refractivity contribution is 9.10. The molecular formula is C14H12BrClN2O. The quantitative estimate of drug-likeness (QED) is 0.834. The Bertz CT molecular complexity index is 599. The van der Waals surface area contributed by atoms with E-state index in [2.05, 4.69) is 21.2 Å². The monoisotopic (exact) mass is 338 g/mol. The fourth-order valence-electron chi connectivity index (χ4n) is 1.62. The Balaban J connectivity index is 2.05.